The maximum absolute atomic E-state index is 12.3. The Labute approximate surface area is 120 Å². The zero-order valence-electron chi connectivity index (χ0n) is 11.2. The number of amides is 1. The first-order chi connectivity index (χ1) is 10.1. The van der Waals surface area contributed by atoms with E-state index in [1.165, 1.54) is 4.90 Å². The zero-order valence-corrected chi connectivity index (χ0v) is 11.2. The molecule has 7 nitrogen and oxygen atoms in total. The molecule has 1 N–H and O–H groups in total. The van der Waals surface area contributed by atoms with Gasteiger partial charge in [0, 0.05) is 11.9 Å². The molecular formula is C14H14N2O5. The van der Waals surface area contributed by atoms with Gasteiger partial charge in [0.2, 0.25) is 5.91 Å². The zero-order chi connectivity index (χ0) is 14.8. The summed E-state index contributed by atoms with van der Waals surface area (Å²) in [7, 11) is 0. The van der Waals surface area contributed by atoms with E-state index in [2.05, 4.69) is 5.16 Å². The van der Waals surface area contributed by atoms with E-state index >= 15 is 0 Å². The van der Waals surface area contributed by atoms with Gasteiger partial charge in [-0.15, -0.1) is 0 Å². The Balaban J connectivity index is 1.72. The molecule has 0 bridgehead atoms. The Kier molecular flexibility index (Phi) is 3.57. The lowest BCUT2D eigenvalue weighted by Crippen LogP contribution is -2.49. The second-order valence-electron chi connectivity index (χ2n) is 4.84. The highest BCUT2D eigenvalue weighted by atomic mass is 16.5. The molecule has 1 atom stereocenters. The van der Waals surface area contributed by atoms with Crippen molar-refractivity contribution in [3.63, 3.8) is 0 Å². The van der Waals surface area contributed by atoms with Gasteiger partial charge in [-0.3, -0.25) is 4.79 Å². The van der Waals surface area contributed by atoms with Gasteiger partial charge in [0.25, 0.3) is 0 Å². The minimum Gasteiger partial charge on any atom is -0.479 e. The molecule has 0 radical (unpaired) electrons. The third-order valence-corrected chi connectivity index (χ3v) is 3.47. The van der Waals surface area contributed by atoms with Gasteiger partial charge in [0.1, 0.15) is 5.69 Å². The van der Waals surface area contributed by atoms with Crippen LogP contribution in [0, 0.1) is 0 Å². The van der Waals surface area contributed by atoms with Crippen LogP contribution in [0.15, 0.2) is 28.8 Å². The number of hydrogen-bond acceptors (Lipinski definition) is 5. The molecule has 2 heterocycles. The minimum atomic E-state index is -1.06. The third kappa shape index (κ3) is 2.73. The van der Waals surface area contributed by atoms with Crippen molar-refractivity contribution in [2.45, 2.75) is 12.5 Å². The second kappa shape index (κ2) is 5.53. The summed E-state index contributed by atoms with van der Waals surface area (Å²) in [5.74, 6) is -1.23. The first-order valence-electron chi connectivity index (χ1n) is 6.60. The van der Waals surface area contributed by atoms with E-state index in [0.717, 1.165) is 5.39 Å². The maximum Gasteiger partial charge on any atom is 0.334 e. The first-order valence-corrected chi connectivity index (χ1v) is 6.60. The SMILES string of the molecule is O=C(O)C1CN(C(=O)Cc2noc3ccccc23)CCO1. The largest absolute Gasteiger partial charge is 0.479 e. The molecule has 110 valence electrons. The number of hydrogen-bond donors (Lipinski definition) is 1. The highest BCUT2D eigenvalue weighted by molar-refractivity contribution is 5.86. The molecule has 1 fully saturated rings. The van der Waals surface area contributed by atoms with Crippen molar-refractivity contribution >= 4 is 22.8 Å². The van der Waals surface area contributed by atoms with E-state index in [-0.39, 0.29) is 25.5 Å². The Morgan fingerprint density at radius 3 is 3.00 bits per heavy atom. The van der Waals surface area contributed by atoms with Gasteiger partial charge >= 0.3 is 5.97 Å². The Morgan fingerprint density at radius 1 is 1.38 bits per heavy atom. The van der Waals surface area contributed by atoms with Crippen LogP contribution in [0.4, 0.5) is 0 Å². The predicted molar refractivity (Wildman–Crippen MR) is 71.7 cm³/mol. The Hall–Kier alpha value is -2.41. The van der Waals surface area contributed by atoms with Crippen molar-refractivity contribution < 1.29 is 24.0 Å². The lowest BCUT2D eigenvalue weighted by molar-refractivity contribution is -0.159. The normalized spacial score (nSPS) is 18.9. The molecule has 0 spiro atoms. The van der Waals surface area contributed by atoms with E-state index in [1.807, 2.05) is 18.2 Å². The summed E-state index contributed by atoms with van der Waals surface area (Å²) in [5.41, 5.74) is 1.19. The minimum absolute atomic E-state index is 0.0595. The average Bonchev–Trinajstić information content (AvgIpc) is 2.91. The summed E-state index contributed by atoms with van der Waals surface area (Å²) in [5, 5.41) is 13.7. The van der Waals surface area contributed by atoms with Crippen molar-refractivity contribution in [1.29, 1.82) is 0 Å². The summed E-state index contributed by atoms with van der Waals surface area (Å²) >= 11 is 0. The average molecular weight is 290 g/mol. The topological polar surface area (TPSA) is 92.9 Å². The van der Waals surface area contributed by atoms with Crippen LogP contribution in [-0.4, -0.2) is 52.8 Å². The lowest BCUT2D eigenvalue weighted by Gasteiger charge is -2.30. The fourth-order valence-electron chi connectivity index (χ4n) is 2.35. The van der Waals surface area contributed by atoms with E-state index in [1.54, 1.807) is 6.07 Å². The summed E-state index contributed by atoms with van der Waals surface area (Å²) in [6.45, 7) is 0.671. The number of rotatable bonds is 3. The number of aliphatic carboxylic acids is 1. The number of para-hydroxylation sites is 1. The third-order valence-electron chi connectivity index (χ3n) is 3.47. The highest BCUT2D eigenvalue weighted by Gasteiger charge is 2.29. The van der Waals surface area contributed by atoms with Crippen LogP contribution in [0.5, 0.6) is 0 Å². The fraction of sp³-hybridized carbons (Fsp3) is 0.357. The van der Waals surface area contributed by atoms with Crippen molar-refractivity contribution in [3.8, 4) is 0 Å². The van der Waals surface area contributed by atoms with E-state index in [0.29, 0.717) is 17.8 Å². The lowest BCUT2D eigenvalue weighted by atomic mass is 10.1. The molecule has 7 heteroatoms. The van der Waals surface area contributed by atoms with Crippen LogP contribution >= 0.6 is 0 Å². The standard InChI is InChI=1S/C14H14N2O5/c17-13(16-5-6-20-12(8-16)14(18)19)7-10-9-3-1-2-4-11(9)21-15-10/h1-4,12H,5-8H2,(H,18,19). The van der Waals surface area contributed by atoms with Gasteiger partial charge in [-0.1, -0.05) is 17.3 Å². The number of carboxylic acids is 1. The van der Waals surface area contributed by atoms with Crippen LogP contribution in [0.2, 0.25) is 0 Å². The molecule has 3 rings (SSSR count). The molecule has 1 amide bonds. The van der Waals surface area contributed by atoms with Gasteiger partial charge in [-0.05, 0) is 12.1 Å². The molecule has 21 heavy (non-hydrogen) atoms. The van der Waals surface area contributed by atoms with Gasteiger partial charge < -0.3 is 19.3 Å². The Morgan fingerprint density at radius 2 is 2.19 bits per heavy atom. The number of ether oxygens (including phenoxy) is 1. The number of benzene rings is 1. The first kappa shape index (κ1) is 13.6. The number of fused-ring (bicyclic) bond motifs is 1. The molecule has 1 aromatic heterocycles. The van der Waals surface area contributed by atoms with Crippen molar-refractivity contribution in [2.24, 2.45) is 0 Å². The Bertz CT molecular complexity index is 681. The summed E-state index contributed by atoms with van der Waals surface area (Å²) in [6.07, 6.45) is -0.875. The van der Waals surface area contributed by atoms with Crippen molar-refractivity contribution in [2.75, 3.05) is 19.7 Å². The van der Waals surface area contributed by atoms with Crippen molar-refractivity contribution in [3.05, 3.63) is 30.0 Å². The fourth-order valence-corrected chi connectivity index (χ4v) is 2.35. The van der Waals surface area contributed by atoms with Crippen molar-refractivity contribution in [1.82, 2.24) is 10.1 Å². The number of nitrogens with zero attached hydrogens (tertiary/aromatic N) is 2. The van der Waals surface area contributed by atoms with Crippen LogP contribution < -0.4 is 0 Å². The van der Waals surface area contributed by atoms with Crippen LogP contribution in [-0.2, 0) is 20.7 Å². The number of carbonyl (C=O) groups is 2. The summed E-state index contributed by atoms with van der Waals surface area (Å²) < 4.78 is 10.3. The van der Waals surface area contributed by atoms with Gasteiger partial charge in [0.15, 0.2) is 11.7 Å². The van der Waals surface area contributed by atoms with Crippen LogP contribution in [0.25, 0.3) is 11.0 Å². The molecule has 2 aromatic rings. The van der Waals surface area contributed by atoms with Crippen LogP contribution in [0.1, 0.15) is 5.69 Å². The molecule has 1 saturated heterocycles. The number of morpholine rings is 1. The van der Waals surface area contributed by atoms with E-state index in [4.69, 9.17) is 14.4 Å². The highest BCUT2D eigenvalue weighted by Crippen LogP contribution is 2.19. The quantitative estimate of drug-likeness (QED) is 0.893. The number of carboxylic acid groups (broad SMARTS) is 1. The molecule has 1 unspecified atom stereocenters. The molecule has 1 aromatic carbocycles. The van der Waals surface area contributed by atoms with Gasteiger partial charge in [0.05, 0.1) is 19.6 Å². The second-order valence-corrected chi connectivity index (χ2v) is 4.84. The predicted octanol–water partition coefficient (Wildman–Crippen LogP) is 0.682. The number of aromatic nitrogens is 1. The van der Waals surface area contributed by atoms with Gasteiger partial charge in [-0.2, -0.15) is 0 Å². The van der Waals surface area contributed by atoms with E-state index in [9.17, 15) is 9.59 Å². The molecular weight excluding hydrogens is 276 g/mol. The monoisotopic (exact) mass is 290 g/mol. The summed E-state index contributed by atoms with van der Waals surface area (Å²) in [4.78, 5) is 24.7. The summed E-state index contributed by atoms with van der Waals surface area (Å²) in [6, 6.07) is 7.31. The number of carbonyl (C=O) groups excluding carboxylic acids is 1. The molecule has 1 aliphatic heterocycles. The molecule has 1 aliphatic rings. The molecule has 0 saturated carbocycles. The van der Waals surface area contributed by atoms with Crippen LogP contribution in [0.3, 0.4) is 0 Å². The van der Waals surface area contributed by atoms with E-state index < -0.39 is 12.1 Å². The van der Waals surface area contributed by atoms with Gasteiger partial charge in [-0.25, -0.2) is 4.79 Å². The molecule has 0 aliphatic carbocycles. The maximum atomic E-state index is 12.3. The smallest absolute Gasteiger partial charge is 0.334 e.